The van der Waals surface area contributed by atoms with Crippen LogP contribution in [-0.4, -0.2) is 10.9 Å². The largest absolute Gasteiger partial charge is 0.322 e. The van der Waals surface area contributed by atoms with Crippen LogP contribution in [0.15, 0.2) is 36.4 Å². The molecular weight excluding hydrogens is 260 g/mol. The fourth-order valence-electron chi connectivity index (χ4n) is 1.79. The van der Waals surface area contributed by atoms with E-state index >= 15 is 0 Å². The second kappa shape index (κ2) is 5.85. The summed E-state index contributed by atoms with van der Waals surface area (Å²) in [6.07, 6.45) is 0.980. The van der Waals surface area contributed by atoms with E-state index in [4.69, 9.17) is 11.6 Å². The summed E-state index contributed by atoms with van der Waals surface area (Å²) in [6.45, 7) is 3.90. The minimum Gasteiger partial charge on any atom is -0.322 e. The van der Waals surface area contributed by atoms with Crippen molar-refractivity contribution in [3.05, 3.63) is 58.4 Å². The number of anilines is 1. The van der Waals surface area contributed by atoms with E-state index in [1.54, 1.807) is 19.1 Å². The average Bonchev–Trinajstić information content (AvgIpc) is 2.38. The van der Waals surface area contributed by atoms with Gasteiger partial charge >= 0.3 is 0 Å². The number of aryl methyl sites for hydroxylation is 2. The van der Waals surface area contributed by atoms with Crippen molar-refractivity contribution in [1.29, 1.82) is 0 Å². The Bertz CT molecular complexity index is 573. The molecule has 1 aromatic carbocycles. The van der Waals surface area contributed by atoms with Crippen LogP contribution in [-0.2, 0) is 6.42 Å². The third kappa shape index (κ3) is 3.55. The van der Waals surface area contributed by atoms with Crippen molar-refractivity contribution in [3.63, 3.8) is 0 Å². The van der Waals surface area contributed by atoms with Gasteiger partial charge in [0.1, 0.15) is 5.15 Å². The molecule has 0 aliphatic rings. The van der Waals surface area contributed by atoms with Crippen LogP contribution in [0.1, 0.15) is 28.5 Å². The maximum absolute atomic E-state index is 12.1. The van der Waals surface area contributed by atoms with Gasteiger partial charge in [-0.05, 0) is 43.2 Å². The Morgan fingerprint density at radius 2 is 1.95 bits per heavy atom. The molecule has 2 rings (SSSR count). The molecule has 1 amide bonds. The van der Waals surface area contributed by atoms with E-state index in [0.717, 1.165) is 17.8 Å². The van der Waals surface area contributed by atoms with Crippen LogP contribution in [0.25, 0.3) is 0 Å². The molecule has 0 radical (unpaired) electrons. The van der Waals surface area contributed by atoms with Crippen LogP contribution in [0.3, 0.4) is 0 Å². The number of nitrogens with zero attached hydrogens (tertiary/aromatic N) is 1. The Morgan fingerprint density at radius 3 is 2.53 bits per heavy atom. The quantitative estimate of drug-likeness (QED) is 0.864. The summed E-state index contributed by atoms with van der Waals surface area (Å²) in [7, 11) is 0. The van der Waals surface area contributed by atoms with Crippen LogP contribution in [0, 0.1) is 6.92 Å². The molecule has 0 aliphatic carbocycles. The summed E-state index contributed by atoms with van der Waals surface area (Å²) in [5.74, 6) is -0.184. The second-order valence-electron chi connectivity index (χ2n) is 4.32. The van der Waals surface area contributed by atoms with E-state index in [0.29, 0.717) is 10.7 Å². The van der Waals surface area contributed by atoms with Crippen molar-refractivity contribution < 1.29 is 4.79 Å². The maximum atomic E-state index is 12.1. The van der Waals surface area contributed by atoms with Gasteiger partial charge in [-0.25, -0.2) is 4.98 Å². The molecule has 4 heteroatoms. The molecular formula is C15H15ClN2O. The number of rotatable bonds is 3. The first-order valence-corrected chi connectivity index (χ1v) is 6.51. The minimum atomic E-state index is -0.184. The van der Waals surface area contributed by atoms with Crippen LogP contribution >= 0.6 is 11.6 Å². The molecule has 0 bridgehead atoms. The molecule has 0 unspecified atom stereocenters. The van der Waals surface area contributed by atoms with Crippen molar-refractivity contribution >= 4 is 23.2 Å². The number of aromatic nitrogens is 1. The van der Waals surface area contributed by atoms with Crippen molar-refractivity contribution in [2.75, 3.05) is 5.32 Å². The van der Waals surface area contributed by atoms with Crippen molar-refractivity contribution in [2.24, 2.45) is 0 Å². The van der Waals surface area contributed by atoms with E-state index in [2.05, 4.69) is 17.2 Å². The topological polar surface area (TPSA) is 42.0 Å². The average molecular weight is 275 g/mol. The molecule has 2 aromatic rings. The summed E-state index contributed by atoms with van der Waals surface area (Å²) in [6, 6.07) is 11.1. The number of amides is 1. The normalized spacial score (nSPS) is 10.3. The Balaban J connectivity index is 2.15. The second-order valence-corrected chi connectivity index (χ2v) is 4.71. The summed E-state index contributed by atoms with van der Waals surface area (Å²) in [5.41, 5.74) is 3.24. The lowest BCUT2D eigenvalue weighted by Crippen LogP contribution is -2.12. The van der Waals surface area contributed by atoms with Crippen LogP contribution < -0.4 is 5.32 Å². The summed E-state index contributed by atoms with van der Waals surface area (Å²) < 4.78 is 0. The van der Waals surface area contributed by atoms with Crippen LogP contribution in [0.5, 0.6) is 0 Å². The molecule has 0 spiro atoms. The van der Waals surface area contributed by atoms with E-state index in [1.165, 1.54) is 5.56 Å². The van der Waals surface area contributed by atoms with E-state index in [1.807, 2.05) is 24.3 Å². The Kier molecular flexibility index (Phi) is 4.17. The zero-order chi connectivity index (χ0) is 13.8. The van der Waals surface area contributed by atoms with Crippen LogP contribution in [0.4, 0.5) is 5.69 Å². The summed E-state index contributed by atoms with van der Waals surface area (Å²) in [5, 5.41) is 3.16. The zero-order valence-electron chi connectivity index (χ0n) is 10.9. The van der Waals surface area contributed by atoms with E-state index in [-0.39, 0.29) is 5.91 Å². The van der Waals surface area contributed by atoms with Gasteiger partial charge in [-0.1, -0.05) is 30.7 Å². The molecule has 98 valence electrons. The molecule has 0 saturated heterocycles. The van der Waals surface area contributed by atoms with E-state index in [9.17, 15) is 4.79 Å². The number of carbonyl (C=O) groups excluding carboxylic acids is 1. The van der Waals surface area contributed by atoms with Gasteiger partial charge in [0.15, 0.2) is 0 Å². The predicted octanol–water partition coefficient (Wildman–Crippen LogP) is 3.86. The highest BCUT2D eigenvalue weighted by atomic mass is 35.5. The molecule has 1 heterocycles. The first-order valence-electron chi connectivity index (χ1n) is 6.13. The molecule has 0 aliphatic heterocycles. The first-order chi connectivity index (χ1) is 9.08. The standard InChI is InChI=1S/C15H15ClN2O/c1-3-11-4-6-13(7-5-11)18-15(19)12-8-10(2)17-14(16)9-12/h4-9H,3H2,1-2H3,(H,18,19). The van der Waals surface area contributed by atoms with Gasteiger partial charge in [0.05, 0.1) is 0 Å². The molecule has 0 saturated carbocycles. The number of halogens is 1. The SMILES string of the molecule is CCc1ccc(NC(=O)c2cc(C)nc(Cl)c2)cc1. The summed E-state index contributed by atoms with van der Waals surface area (Å²) in [4.78, 5) is 16.1. The highest BCUT2D eigenvalue weighted by molar-refractivity contribution is 6.29. The monoisotopic (exact) mass is 274 g/mol. The van der Waals surface area contributed by atoms with Crippen molar-refractivity contribution in [3.8, 4) is 0 Å². The Labute approximate surface area is 117 Å². The third-order valence-electron chi connectivity index (χ3n) is 2.80. The van der Waals surface area contributed by atoms with Crippen LogP contribution in [0.2, 0.25) is 5.15 Å². The number of hydrogen-bond acceptors (Lipinski definition) is 2. The summed E-state index contributed by atoms with van der Waals surface area (Å²) >= 11 is 5.85. The van der Waals surface area contributed by atoms with E-state index < -0.39 is 0 Å². The van der Waals surface area contributed by atoms with Gasteiger partial charge in [-0.15, -0.1) is 0 Å². The lowest BCUT2D eigenvalue weighted by atomic mass is 10.1. The Morgan fingerprint density at radius 1 is 1.26 bits per heavy atom. The lowest BCUT2D eigenvalue weighted by Gasteiger charge is -2.07. The molecule has 3 nitrogen and oxygen atoms in total. The van der Waals surface area contributed by atoms with Gasteiger partial charge < -0.3 is 5.32 Å². The number of pyridine rings is 1. The van der Waals surface area contributed by atoms with Crippen molar-refractivity contribution in [2.45, 2.75) is 20.3 Å². The van der Waals surface area contributed by atoms with Gasteiger partial charge in [-0.3, -0.25) is 4.79 Å². The molecule has 1 N–H and O–H groups in total. The highest BCUT2D eigenvalue weighted by Gasteiger charge is 2.08. The molecule has 0 fully saturated rings. The third-order valence-corrected chi connectivity index (χ3v) is 3.00. The lowest BCUT2D eigenvalue weighted by molar-refractivity contribution is 0.102. The van der Waals surface area contributed by atoms with Crippen molar-refractivity contribution in [1.82, 2.24) is 4.98 Å². The number of hydrogen-bond donors (Lipinski definition) is 1. The fourth-order valence-corrected chi connectivity index (χ4v) is 2.04. The predicted molar refractivity (Wildman–Crippen MR) is 77.8 cm³/mol. The first kappa shape index (κ1) is 13.6. The van der Waals surface area contributed by atoms with Gasteiger partial charge in [0, 0.05) is 16.9 Å². The zero-order valence-corrected chi connectivity index (χ0v) is 11.7. The van der Waals surface area contributed by atoms with Gasteiger partial charge in [0.2, 0.25) is 0 Å². The molecule has 19 heavy (non-hydrogen) atoms. The molecule has 0 atom stereocenters. The maximum Gasteiger partial charge on any atom is 0.255 e. The fraction of sp³-hybridized carbons (Fsp3) is 0.200. The molecule has 1 aromatic heterocycles. The van der Waals surface area contributed by atoms with Gasteiger partial charge in [0.25, 0.3) is 5.91 Å². The number of benzene rings is 1. The number of nitrogens with one attached hydrogen (secondary N) is 1. The Hall–Kier alpha value is -1.87. The number of carbonyl (C=O) groups is 1. The van der Waals surface area contributed by atoms with Gasteiger partial charge in [-0.2, -0.15) is 0 Å². The highest BCUT2D eigenvalue weighted by Crippen LogP contribution is 2.14. The smallest absolute Gasteiger partial charge is 0.255 e. The minimum absolute atomic E-state index is 0.184.